The van der Waals surface area contributed by atoms with Gasteiger partial charge < -0.3 is 24.8 Å². The predicted octanol–water partition coefficient (Wildman–Crippen LogP) is 4.22. The zero-order valence-electron chi connectivity index (χ0n) is 20.9. The molecule has 0 atom stereocenters. The lowest BCUT2D eigenvalue weighted by atomic mass is 10.0. The third-order valence-corrected chi connectivity index (χ3v) is 5.12. The van der Waals surface area contributed by atoms with Crippen molar-refractivity contribution in [1.29, 1.82) is 0 Å². The SMILES string of the molecule is COC(=O)c1cc(NC(=O)OCc2ccccc2)cc(C(=O)O)c1.Cc1c(C(=O)O)cc([N+](=O)[O-])cc1C(=O)O. The Hall–Kier alpha value is -5.79. The van der Waals surface area contributed by atoms with Crippen molar-refractivity contribution in [1.82, 2.24) is 0 Å². The maximum absolute atomic E-state index is 11.8. The summed E-state index contributed by atoms with van der Waals surface area (Å²) in [5, 5.41) is 39.5. The molecule has 0 bridgehead atoms. The van der Waals surface area contributed by atoms with E-state index in [1.54, 1.807) is 12.1 Å². The van der Waals surface area contributed by atoms with Crippen molar-refractivity contribution in [2.45, 2.75) is 13.5 Å². The molecule has 0 aliphatic rings. The maximum atomic E-state index is 11.8. The molecule has 0 fully saturated rings. The molecule has 40 heavy (non-hydrogen) atoms. The average Bonchev–Trinajstić information content (AvgIpc) is 2.91. The molecule has 14 nitrogen and oxygen atoms in total. The van der Waals surface area contributed by atoms with Gasteiger partial charge in [-0.05, 0) is 36.2 Å². The number of nitrogens with zero attached hydrogens (tertiary/aromatic N) is 1. The Labute approximate surface area is 225 Å². The number of hydrogen-bond donors (Lipinski definition) is 4. The summed E-state index contributed by atoms with van der Waals surface area (Å²) in [6.45, 7) is 1.35. The van der Waals surface area contributed by atoms with Gasteiger partial charge in [0, 0.05) is 17.8 Å². The Bertz CT molecular complexity index is 1430. The number of aromatic carboxylic acids is 3. The number of ether oxygens (including phenoxy) is 2. The molecule has 208 valence electrons. The zero-order chi connectivity index (χ0) is 30.0. The number of carboxylic acid groups (broad SMARTS) is 3. The smallest absolute Gasteiger partial charge is 0.411 e. The zero-order valence-corrected chi connectivity index (χ0v) is 20.9. The molecule has 3 aromatic rings. The first-order valence-corrected chi connectivity index (χ1v) is 11.0. The molecule has 0 saturated heterocycles. The number of nitro benzene ring substituents is 1. The summed E-state index contributed by atoms with van der Waals surface area (Å²) in [6.07, 6.45) is -0.766. The summed E-state index contributed by atoms with van der Waals surface area (Å²) in [6, 6.07) is 14.4. The van der Waals surface area contributed by atoms with Gasteiger partial charge in [-0.2, -0.15) is 0 Å². The van der Waals surface area contributed by atoms with Crippen molar-refractivity contribution in [2.75, 3.05) is 12.4 Å². The highest BCUT2D eigenvalue weighted by atomic mass is 16.6. The van der Waals surface area contributed by atoms with E-state index in [1.165, 1.54) is 26.2 Å². The van der Waals surface area contributed by atoms with Crippen LogP contribution in [0.25, 0.3) is 0 Å². The quantitative estimate of drug-likeness (QED) is 0.175. The number of benzene rings is 3. The molecule has 1 amide bonds. The normalized spacial score (nSPS) is 9.85. The summed E-state index contributed by atoms with van der Waals surface area (Å²) in [5.74, 6) is -4.74. The Morgan fingerprint density at radius 2 is 1.40 bits per heavy atom. The number of nitro groups is 1. The van der Waals surface area contributed by atoms with Crippen LogP contribution in [0.5, 0.6) is 0 Å². The number of nitrogens with one attached hydrogen (secondary N) is 1. The number of methoxy groups -OCH3 is 1. The number of amides is 1. The van der Waals surface area contributed by atoms with Crippen LogP contribution in [0.4, 0.5) is 16.2 Å². The second-order valence-corrected chi connectivity index (χ2v) is 7.82. The van der Waals surface area contributed by atoms with E-state index in [0.29, 0.717) is 0 Å². The van der Waals surface area contributed by atoms with Gasteiger partial charge in [-0.25, -0.2) is 24.0 Å². The fourth-order valence-electron chi connectivity index (χ4n) is 3.18. The fourth-order valence-corrected chi connectivity index (χ4v) is 3.18. The Kier molecular flexibility index (Phi) is 10.4. The molecular formula is C26H22N2O12. The first-order chi connectivity index (χ1) is 18.8. The maximum Gasteiger partial charge on any atom is 0.411 e. The van der Waals surface area contributed by atoms with Gasteiger partial charge in [0.1, 0.15) is 6.61 Å². The van der Waals surface area contributed by atoms with Gasteiger partial charge in [-0.1, -0.05) is 30.3 Å². The summed E-state index contributed by atoms with van der Waals surface area (Å²) < 4.78 is 9.61. The van der Waals surface area contributed by atoms with Gasteiger partial charge in [0.25, 0.3) is 5.69 Å². The predicted molar refractivity (Wildman–Crippen MR) is 137 cm³/mol. The van der Waals surface area contributed by atoms with Crippen molar-refractivity contribution < 1.29 is 53.7 Å². The lowest BCUT2D eigenvalue weighted by Crippen LogP contribution is -2.15. The van der Waals surface area contributed by atoms with Crippen LogP contribution in [0.3, 0.4) is 0 Å². The summed E-state index contributed by atoms with van der Waals surface area (Å²) in [7, 11) is 1.18. The number of carbonyl (C=O) groups is 5. The first kappa shape index (κ1) is 30.4. The van der Waals surface area contributed by atoms with Gasteiger partial charge in [0.05, 0.1) is 34.3 Å². The molecule has 3 rings (SSSR count). The van der Waals surface area contributed by atoms with E-state index in [4.69, 9.17) is 20.1 Å². The van der Waals surface area contributed by atoms with Crippen LogP contribution in [0, 0.1) is 17.0 Å². The lowest BCUT2D eigenvalue weighted by Gasteiger charge is -2.09. The molecule has 0 spiro atoms. The van der Waals surface area contributed by atoms with E-state index in [9.17, 15) is 34.1 Å². The van der Waals surface area contributed by atoms with Crippen LogP contribution in [0.2, 0.25) is 0 Å². The number of carboxylic acids is 3. The van der Waals surface area contributed by atoms with Gasteiger partial charge in [-0.15, -0.1) is 0 Å². The molecule has 0 heterocycles. The number of non-ortho nitro benzene ring substituents is 1. The second kappa shape index (κ2) is 13.7. The van der Waals surface area contributed by atoms with Crippen LogP contribution in [-0.4, -0.2) is 57.3 Å². The van der Waals surface area contributed by atoms with Crippen molar-refractivity contribution in [3.63, 3.8) is 0 Å². The number of rotatable bonds is 8. The Morgan fingerprint density at radius 1 is 0.850 bits per heavy atom. The fraction of sp³-hybridized carbons (Fsp3) is 0.115. The number of carbonyl (C=O) groups excluding carboxylic acids is 2. The Morgan fingerprint density at radius 3 is 1.88 bits per heavy atom. The van der Waals surface area contributed by atoms with Crippen LogP contribution in [-0.2, 0) is 16.1 Å². The van der Waals surface area contributed by atoms with Gasteiger partial charge >= 0.3 is 30.0 Å². The minimum atomic E-state index is -1.40. The van der Waals surface area contributed by atoms with Crippen LogP contribution in [0.1, 0.15) is 52.6 Å². The molecule has 14 heteroatoms. The highest BCUT2D eigenvalue weighted by Gasteiger charge is 2.21. The highest BCUT2D eigenvalue weighted by Crippen LogP contribution is 2.22. The lowest BCUT2D eigenvalue weighted by molar-refractivity contribution is -0.384. The first-order valence-electron chi connectivity index (χ1n) is 11.0. The molecule has 3 aromatic carbocycles. The number of esters is 1. The second-order valence-electron chi connectivity index (χ2n) is 7.82. The minimum absolute atomic E-state index is 0.00870. The summed E-state index contributed by atoms with van der Waals surface area (Å²) in [4.78, 5) is 65.7. The topological polar surface area (TPSA) is 220 Å². The number of hydrogen-bond acceptors (Lipinski definition) is 9. The molecule has 0 aliphatic heterocycles. The van der Waals surface area contributed by atoms with Crippen molar-refractivity contribution in [3.05, 3.63) is 104 Å². The van der Waals surface area contributed by atoms with Gasteiger partial charge in [0.2, 0.25) is 0 Å². The van der Waals surface area contributed by atoms with Crippen molar-refractivity contribution in [3.8, 4) is 0 Å². The molecule has 0 aliphatic carbocycles. The minimum Gasteiger partial charge on any atom is -0.478 e. The van der Waals surface area contributed by atoms with E-state index in [2.05, 4.69) is 10.1 Å². The molecule has 0 saturated carbocycles. The summed E-state index contributed by atoms with van der Waals surface area (Å²) in [5.41, 5.74) is -0.549. The summed E-state index contributed by atoms with van der Waals surface area (Å²) >= 11 is 0. The molecule has 0 radical (unpaired) electrons. The van der Waals surface area contributed by atoms with Crippen LogP contribution in [0.15, 0.2) is 60.7 Å². The average molecular weight is 554 g/mol. The van der Waals surface area contributed by atoms with Crippen LogP contribution >= 0.6 is 0 Å². The van der Waals surface area contributed by atoms with E-state index in [-0.39, 0.29) is 40.1 Å². The third kappa shape index (κ3) is 8.37. The standard InChI is InChI=1S/C17H15NO6.C9H7NO6/c1-23-16(21)13-7-12(15(19)20)8-14(9-13)18-17(22)24-10-11-5-3-2-4-6-11;1-4-6(8(11)12)2-5(10(15)16)3-7(4)9(13)14/h2-9H,10H2,1H3,(H,18,22)(H,19,20);2-3H,1H3,(H,11,12)(H,13,14). The van der Waals surface area contributed by atoms with E-state index in [1.807, 2.05) is 18.2 Å². The van der Waals surface area contributed by atoms with Crippen molar-refractivity contribution in [2.24, 2.45) is 0 Å². The monoisotopic (exact) mass is 554 g/mol. The highest BCUT2D eigenvalue weighted by molar-refractivity contribution is 5.98. The van der Waals surface area contributed by atoms with Gasteiger partial charge in [0.15, 0.2) is 0 Å². The van der Waals surface area contributed by atoms with E-state index < -0.39 is 40.6 Å². The Balaban J connectivity index is 0.000000305. The largest absolute Gasteiger partial charge is 0.478 e. The molecular weight excluding hydrogens is 532 g/mol. The van der Waals surface area contributed by atoms with Gasteiger partial charge in [-0.3, -0.25) is 15.4 Å². The van der Waals surface area contributed by atoms with Crippen molar-refractivity contribution >= 4 is 41.3 Å². The molecule has 0 unspecified atom stereocenters. The third-order valence-electron chi connectivity index (χ3n) is 5.12. The molecule has 0 aromatic heterocycles. The van der Waals surface area contributed by atoms with E-state index >= 15 is 0 Å². The van der Waals surface area contributed by atoms with Crippen LogP contribution < -0.4 is 5.32 Å². The molecule has 4 N–H and O–H groups in total. The number of anilines is 1. The van der Waals surface area contributed by atoms with E-state index in [0.717, 1.165) is 23.8 Å².